The fourth-order valence-corrected chi connectivity index (χ4v) is 6.10. The molecule has 218 valence electrons. The van der Waals surface area contributed by atoms with Gasteiger partial charge >= 0.3 is 0 Å². The van der Waals surface area contributed by atoms with E-state index in [1.807, 2.05) is 6.07 Å². The van der Waals surface area contributed by atoms with Crippen LogP contribution in [-0.2, 0) is 16.3 Å². The molecule has 3 N–H and O–H groups in total. The van der Waals surface area contributed by atoms with E-state index >= 15 is 0 Å². The van der Waals surface area contributed by atoms with Gasteiger partial charge in [0.1, 0.15) is 15.6 Å². The predicted octanol–water partition coefficient (Wildman–Crippen LogP) is 3.17. The van der Waals surface area contributed by atoms with Gasteiger partial charge in [-0.1, -0.05) is 11.6 Å². The van der Waals surface area contributed by atoms with Crippen molar-refractivity contribution in [2.24, 2.45) is 0 Å². The molecule has 0 aliphatic carbocycles. The molecule has 4 rings (SSSR count). The van der Waals surface area contributed by atoms with E-state index in [-0.39, 0.29) is 24.7 Å². The third-order valence-corrected chi connectivity index (χ3v) is 8.79. The number of amides is 3. The molecule has 41 heavy (non-hydrogen) atoms. The Kier molecular flexibility index (Phi) is 9.37. The zero-order valence-electron chi connectivity index (χ0n) is 22.7. The van der Waals surface area contributed by atoms with E-state index in [1.165, 1.54) is 22.3 Å². The van der Waals surface area contributed by atoms with Gasteiger partial charge in [-0.05, 0) is 55.0 Å². The summed E-state index contributed by atoms with van der Waals surface area (Å²) in [6.07, 6.45) is 0.957. The molecule has 1 aromatic heterocycles. The number of benzene rings is 2. The lowest BCUT2D eigenvalue weighted by Crippen LogP contribution is -2.31. The van der Waals surface area contributed by atoms with Crippen molar-refractivity contribution in [3.8, 4) is 16.2 Å². The van der Waals surface area contributed by atoms with Gasteiger partial charge < -0.3 is 25.4 Å². The first kappa shape index (κ1) is 30.5. The molecule has 0 unspecified atom stereocenters. The third kappa shape index (κ3) is 7.45. The van der Waals surface area contributed by atoms with Crippen LogP contribution in [0.1, 0.15) is 42.9 Å². The van der Waals surface area contributed by atoms with Gasteiger partial charge in [0.2, 0.25) is 0 Å². The van der Waals surface area contributed by atoms with Crippen LogP contribution < -0.4 is 20.3 Å². The van der Waals surface area contributed by atoms with Crippen LogP contribution in [0.15, 0.2) is 42.5 Å². The number of carbonyl (C=O) groups excluding carboxylic acids is 3. The second-order valence-corrected chi connectivity index (χ2v) is 13.5. The molecule has 0 saturated heterocycles. The molecular weight excluding hydrogens is 590 g/mol. The first-order valence-corrected chi connectivity index (χ1v) is 16.0. The molecule has 0 bridgehead atoms. The first-order valence-electron chi connectivity index (χ1n) is 12.7. The number of hydrogen-bond acceptors (Lipinski definition) is 8. The van der Waals surface area contributed by atoms with E-state index in [1.54, 1.807) is 44.3 Å². The van der Waals surface area contributed by atoms with Crippen molar-refractivity contribution in [2.45, 2.75) is 19.4 Å². The summed E-state index contributed by atoms with van der Waals surface area (Å²) in [6, 6.07) is 11.4. The summed E-state index contributed by atoms with van der Waals surface area (Å²) >= 11 is 7.69. The summed E-state index contributed by atoms with van der Waals surface area (Å²) in [5, 5.41) is 15.0. The van der Waals surface area contributed by atoms with Crippen LogP contribution in [0.2, 0.25) is 5.02 Å². The van der Waals surface area contributed by atoms with Crippen molar-refractivity contribution in [3.05, 3.63) is 69.1 Å². The number of thiophene rings is 1. The second kappa shape index (κ2) is 12.6. The normalized spacial score (nSPS) is 13.2. The number of halogens is 1. The van der Waals surface area contributed by atoms with Gasteiger partial charge in [0, 0.05) is 54.4 Å². The lowest BCUT2D eigenvalue weighted by molar-refractivity contribution is 0.0921. The number of rotatable bonds is 9. The standard InChI is InChI=1S/C28H30ClN3O7S2/c1-16(33)15-31-27(35)18-5-7-21(29)22(12-18)32(2)28(36)24-14-17-8-10-39-23-13-19(4-6-20(23)25(17)40-24)26(34)30-9-11-41(3,37)38/h4-7,12-14,16,33H,8-11,15H2,1-3H3,(H,30,34)(H,31,35)/t16-/m1/s1. The summed E-state index contributed by atoms with van der Waals surface area (Å²) in [4.78, 5) is 41.3. The number of hydrogen-bond donors (Lipinski definition) is 3. The average molecular weight is 620 g/mol. The average Bonchev–Trinajstić information content (AvgIpc) is 3.26. The predicted molar refractivity (Wildman–Crippen MR) is 159 cm³/mol. The van der Waals surface area contributed by atoms with Crippen LogP contribution >= 0.6 is 22.9 Å². The monoisotopic (exact) mass is 619 g/mol. The number of nitrogens with one attached hydrogen (secondary N) is 2. The molecule has 0 fully saturated rings. The van der Waals surface area contributed by atoms with Crippen LogP contribution in [0, 0.1) is 0 Å². The van der Waals surface area contributed by atoms with Gasteiger partial charge in [-0.2, -0.15) is 0 Å². The number of nitrogens with zero attached hydrogens (tertiary/aromatic N) is 1. The molecule has 3 aromatic rings. The topological polar surface area (TPSA) is 142 Å². The Balaban J connectivity index is 1.56. The van der Waals surface area contributed by atoms with Crippen molar-refractivity contribution in [2.75, 3.05) is 43.7 Å². The van der Waals surface area contributed by atoms with E-state index in [9.17, 15) is 27.9 Å². The van der Waals surface area contributed by atoms with Crippen LogP contribution in [-0.4, -0.2) is 76.1 Å². The van der Waals surface area contributed by atoms with Crippen molar-refractivity contribution < 1.29 is 32.6 Å². The van der Waals surface area contributed by atoms with Gasteiger partial charge in [-0.15, -0.1) is 11.3 Å². The maximum atomic E-state index is 13.5. The number of anilines is 1. The molecule has 0 radical (unpaired) electrons. The lowest BCUT2D eigenvalue weighted by Gasteiger charge is -2.19. The number of ether oxygens (including phenoxy) is 1. The quantitative estimate of drug-likeness (QED) is 0.334. The number of aliphatic hydroxyl groups excluding tert-OH is 1. The van der Waals surface area contributed by atoms with Crippen LogP contribution in [0.5, 0.6) is 5.75 Å². The Hall–Kier alpha value is -3.45. The molecule has 1 atom stereocenters. The largest absolute Gasteiger partial charge is 0.493 e. The van der Waals surface area contributed by atoms with Gasteiger partial charge in [-0.25, -0.2) is 8.42 Å². The van der Waals surface area contributed by atoms with Gasteiger partial charge in [-0.3, -0.25) is 14.4 Å². The van der Waals surface area contributed by atoms with E-state index in [4.69, 9.17) is 16.3 Å². The van der Waals surface area contributed by atoms with Crippen molar-refractivity contribution in [1.82, 2.24) is 10.6 Å². The highest BCUT2D eigenvalue weighted by Crippen LogP contribution is 2.42. The zero-order valence-corrected chi connectivity index (χ0v) is 25.1. The maximum absolute atomic E-state index is 13.5. The van der Waals surface area contributed by atoms with Crippen LogP contribution in [0.4, 0.5) is 5.69 Å². The van der Waals surface area contributed by atoms with Crippen LogP contribution in [0.3, 0.4) is 0 Å². The maximum Gasteiger partial charge on any atom is 0.268 e. The number of aliphatic hydroxyl groups is 1. The smallest absolute Gasteiger partial charge is 0.268 e. The lowest BCUT2D eigenvalue weighted by atomic mass is 10.0. The van der Waals surface area contributed by atoms with Crippen LogP contribution in [0.25, 0.3) is 10.4 Å². The summed E-state index contributed by atoms with van der Waals surface area (Å²) in [5.74, 6) is -0.779. The molecule has 13 heteroatoms. The fraction of sp³-hybridized carbons (Fsp3) is 0.321. The summed E-state index contributed by atoms with van der Waals surface area (Å²) < 4.78 is 28.6. The van der Waals surface area contributed by atoms with Gasteiger partial charge in [0.25, 0.3) is 17.7 Å². The Morgan fingerprint density at radius 3 is 2.49 bits per heavy atom. The minimum atomic E-state index is -3.20. The second-order valence-electron chi connectivity index (χ2n) is 9.75. The van der Waals surface area contributed by atoms with Crippen molar-refractivity contribution >= 4 is 56.2 Å². The molecule has 3 amide bonds. The fourth-order valence-electron chi connectivity index (χ4n) is 4.17. The molecule has 1 aliphatic heterocycles. The van der Waals surface area contributed by atoms with Crippen molar-refractivity contribution in [1.29, 1.82) is 0 Å². The Morgan fingerprint density at radius 2 is 1.78 bits per heavy atom. The number of fused-ring (bicyclic) bond motifs is 3. The van der Waals surface area contributed by atoms with Gasteiger partial charge in [0.05, 0.1) is 34.1 Å². The van der Waals surface area contributed by atoms with Gasteiger partial charge in [0.15, 0.2) is 0 Å². The Bertz CT molecular complexity index is 1600. The Labute approximate surface area is 247 Å². The highest BCUT2D eigenvalue weighted by Gasteiger charge is 2.25. The minimum absolute atomic E-state index is 0.00311. The summed E-state index contributed by atoms with van der Waals surface area (Å²) in [7, 11) is -1.62. The highest BCUT2D eigenvalue weighted by molar-refractivity contribution is 7.90. The van der Waals surface area contributed by atoms with E-state index in [2.05, 4.69) is 10.6 Å². The minimum Gasteiger partial charge on any atom is -0.493 e. The Morgan fingerprint density at radius 1 is 1.10 bits per heavy atom. The SMILES string of the molecule is C[C@@H](O)CNC(=O)c1ccc(Cl)c(N(C)C(=O)c2cc3c(s2)-c2ccc(C(=O)NCCS(C)(=O)=O)cc2OCC3)c1. The summed E-state index contributed by atoms with van der Waals surface area (Å²) in [5.41, 5.74) is 2.66. The third-order valence-electron chi connectivity index (χ3n) is 6.33. The first-order chi connectivity index (χ1) is 19.3. The molecular formula is C28H30ClN3O7S2. The number of carbonyl (C=O) groups is 3. The molecule has 2 aromatic carbocycles. The number of sulfone groups is 1. The van der Waals surface area contributed by atoms with E-state index in [0.717, 1.165) is 22.3 Å². The molecule has 0 saturated carbocycles. The summed E-state index contributed by atoms with van der Waals surface area (Å²) in [6.45, 7) is 2.00. The highest BCUT2D eigenvalue weighted by atomic mass is 35.5. The molecule has 2 heterocycles. The van der Waals surface area contributed by atoms with E-state index in [0.29, 0.717) is 45.5 Å². The molecule has 0 spiro atoms. The van der Waals surface area contributed by atoms with Crippen molar-refractivity contribution in [3.63, 3.8) is 0 Å². The zero-order chi connectivity index (χ0) is 29.9. The molecule has 1 aliphatic rings. The van der Waals surface area contributed by atoms with E-state index < -0.39 is 27.8 Å². The molecule has 10 nitrogen and oxygen atoms in total.